The molecule has 1 saturated heterocycles. The smallest absolute Gasteiger partial charge is 0.0595 e. The van der Waals surface area contributed by atoms with E-state index in [1.54, 1.807) is 6.20 Å². The number of halogens is 3. The van der Waals surface area contributed by atoms with Gasteiger partial charge in [0.1, 0.15) is 0 Å². The van der Waals surface area contributed by atoms with Crippen molar-refractivity contribution in [2.24, 2.45) is 11.7 Å². The van der Waals surface area contributed by atoms with Crippen molar-refractivity contribution in [1.29, 1.82) is 0 Å². The summed E-state index contributed by atoms with van der Waals surface area (Å²) in [7, 11) is 0. The van der Waals surface area contributed by atoms with Gasteiger partial charge in [0.25, 0.3) is 0 Å². The highest BCUT2D eigenvalue weighted by molar-refractivity contribution is 6.42. The molecule has 156 valence electrons. The second kappa shape index (κ2) is 9.67. The van der Waals surface area contributed by atoms with Crippen molar-refractivity contribution in [2.45, 2.75) is 24.9 Å². The number of hydrogen-bond acceptors (Lipinski definition) is 3. The summed E-state index contributed by atoms with van der Waals surface area (Å²) in [6.07, 6.45) is 2.49. The Hall–Kier alpha value is -1.62. The van der Waals surface area contributed by atoms with Crippen molar-refractivity contribution in [3.05, 3.63) is 98.7 Å². The predicted molar refractivity (Wildman–Crippen MR) is 125 cm³/mol. The van der Waals surface area contributed by atoms with Crippen molar-refractivity contribution < 1.29 is 0 Å². The number of nitrogens with two attached hydrogens (primary N) is 1. The summed E-state index contributed by atoms with van der Waals surface area (Å²) in [6.45, 7) is 2.85. The molecule has 4 rings (SSSR count). The third kappa shape index (κ3) is 5.16. The van der Waals surface area contributed by atoms with E-state index in [1.807, 2.05) is 30.3 Å². The Morgan fingerprint density at radius 3 is 2.47 bits per heavy atom. The molecule has 0 spiro atoms. The van der Waals surface area contributed by atoms with Crippen molar-refractivity contribution in [3.63, 3.8) is 0 Å². The highest BCUT2D eigenvalue weighted by atomic mass is 35.5. The standard InChI is InChI=1S/C24H24Cl3N3/c25-19-7-9-24(29-12-19)23(28)11-18-14-30(13-16-4-2-1-3-5-16)15-20(18)17-6-8-21(26)22(27)10-17/h1-10,12,18,20,23H,11,13-15,28H2. The molecule has 1 fully saturated rings. The lowest BCUT2D eigenvalue weighted by Gasteiger charge is -2.22. The first kappa shape index (κ1) is 21.6. The van der Waals surface area contributed by atoms with Crippen LogP contribution in [0.25, 0.3) is 0 Å². The quantitative estimate of drug-likeness (QED) is 0.466. The molecule has 0 aliphatic carbocycles. The Labute approximate surface area is 192 Å². The zero-order chi connectivity index (χ0) is 21.1. The first-order valence-electron chi connectivity index (χ1n) is 10.1. The summed E-state index contributed by atoms with van der Waals surface area (Å²) in [4.78, 5) is 6.92. The molecule has 1 aromatic heterocycles. The second-order valence-electron chi connectivity index (χ2n) is 7.96. The van der Waals surface area contributed by atoms with Crippen LogP contribution >= 0.6 is 34.8 Å². The minimum Gasteiger partial charge on any atom is -0.323 e. The van der Waals surface area contributed by atoms with E-state index < -0.39 is 0 Å². The van der Waals surface area contributed by atoms with Crippen LogP contribution in [0.2, 0.25) is 15.1 Å². The molecular formula is C24H24Cl3N3. The van der Waals surface area contributed by atoms with E-state index in [0.717, 1.165) is 31.7 Å². The molecule has 2 heterocycles. The van der Waals surface area contributed by atoms with E-state index in [0.29, 0.717) is 26.9 Å². The number of likely N-dealkylation sites (tertiary alicyclic amines) is 1. The van der Waals surface area contributed by atoms with Gasteiger partial charge in [-0.3, -0.25) is 9.88 Å². The van der Waals surface area contributed by atoms with Gasteiger partial charge in [-0.1, -0.05) is 71.2 Å². The van der Waals surface area contributed by atoms with Crippen LogP contribution in [0.3, 0.4) is 0 Å². The number of pyridine rings is 1. The van der Waals surface area contributed by atoms with Crippen molar-refractivity contribution in [3.8, 4) is 0 Å². The van der Waals surface area contributed by atoms with E-state index in [1.165, 1.54) is 11.1 Å². The maximum Gasteiger partial charge on any atom is 0.0595 e. The molecule has 30 heavy (non-hydrogen) atoms. The van der Waals surface area contributed by atoms with E-state index in [2.05, 4.69) is 40.2 Å². The Morgan fingerprint density at radius 2 is 1.77 bits per heavy atom. The maximum absolute atomic E-state index is 6.55. The highest BCUT2D eigenvalue weighted by Crippen LogP contribution is 2.39. The van der Waals surface area contributed by atoms with Gasteiger partial charge in [0, 0.05) is 37.8 Å². The molecule has 1 aliphatic heterocycles. The van der Waals surface area contributed by atoms with Gasteiger partial charge in [-0.25, -0.2) is 0 Å². The zero-order valence-electron chi connectivity index (χ0n) is 16.5. The summed E-state index contributed by atoms with van der Waals surface area (Å²) < 4.78 is 0. The normalized spacial score (nSPS) is 20.4. The van der Waals surface area contributed by atoms with Crippen LogP contribution < -0.4 is 5.73 Å². The topological polar surface area (TPSA) is 42.1 Å². The fourth-order valence-corrected chi connectivity index (χ4v) is 4.76. The number of nitrogens with zero attached hydrogens (tertiary/aromatic N) is 2. The average molecular weight is 461 g/mol. The Kier molecular flexibility index (Phi) is 6.97. The molecule has 0 amide bonds. The number of benzene rings is 2. The SMILES string of the molecule is NC(CC1CN(Cc2ccccc2)CC1c1ccc(Cl)c(Cl)c1)c1ccc(Cl)cn1. The largest absolute Gasteiger partial charge is 0.323 e. The van der Waals surface area contributed by atoms with Gasteiger partial charge in [-0.15, -0.1) is 0 Å². The monoisotopic (exact) mass is 459 g/mol. The molecule has 0 bridgehead atoms. The Morgan fingerprint density at radius 1 is 0.967 bits per heavy atom. The van der Waals surface area contributed by atoms with Gasteiger partial charge >= 0.3 is 0 Å². The number of rotatable bonds is 6. The van der Waals surface area contributed by atoms with Crippen LogP contribution in [0, 0.1) is 5.92 Å². The molecule has 3 aromatic rings. The Balaban J connectivity index is 1.55. The van der Waals surface area contributed by atoms with E-state index in [-0.39, 0.29) is 6.04 Å². The lowest BCUT2D eigenvalue weighted by molar-refractivity contribution is 0.309. The van der Waals surface area contributed by atoms with Crippen LogP contribution in [-0.4, -0.2) is 23.0 Å². The van der Waals surface area contributed by atoms with Crippen LogP contribution in [-0.2, 0) is 6.54 Å². The number of aromatic nitrogens is 1. The van der Waals surface area contributed by atoms with Crippen molar-refractivity contribution in [2.75, 3.05) is 13.1 Å². The molecule has 2 aromatic carbocycles. The first-order valence-corrected chi connectivity index (χ1v) is 11.2. The zero-order valence-corrected chi connectivity index (χ0v) is 18.8. The third-order valence-electron chi connectivity index (χ3n) is 5.82. The van der Waals surface area contributed by atoms with Gasteiger partial charge in [-0.2, -0.15) is 0 Å². The maximum atomic E-state index is 6.55. The number of hydrogen-bond donors (Lipinski definition) is 1. The van der Waals surface area contributed by atoms with Gasteiger partial charge in [0.2, 0.25) is 0 Å². The summed E-state index contributed by atoms with van der Waals surface area (Å²) in [5, 5.41) is 1.80. The molecule has 2 N–H and O–H groups in total. The van der Waals surface area contributed by atoms with E-state index in [9.17, 15) is 0 Å². The average Bonchev–Trinajstić information content (AvgIpc) is 3.13. The fourth-order valence-electron chi connectivity index (χ4n) is 4.34. The highest BCUT2D eigenvalue weighted by Gasteiger charge is 2.35. The Bertz CT molecular complexity index is 979. The van der Waals surface area contributed by atoms with Crippen molar-refractivity contribution in [1.82, 2.24) is 9.88 Å². The molecule has 0 saturated carbocycles. The molecule has 3 unspecified atom stereocenters. The molecular weight excluding hydrogens is 437 g/mol. The summed E-state index contributed by atoms with van der Waals surface area (Å²) in [5.74, 6) is 0.722. The van der Waals surface area contributed by atoms with Crippen LogP contribution in [0.4, 0.5) is 0 Å². The predicted octanol–water partition coefficient (Wildman–Crippen LogP) is 6.35. The first-order chi connectivity index (χ1) is 14.5. The summed E-state index contributed by atoms with van der Waals surface area (Å²) in [6, 6.07) is 20.1. The third-order valence-corrected chi connectivity index (χ3v) is 6.79. The molecule has 1 aliphatic rings. The van der Waals surface area contributed by atoms with E-state index >= 15 is 0 Å². The second-order valence-corrected chi connectivity index (χ2v) is 9.21. The summed E-state index contributed by atoms with van der Waals surface area (Å²) in [5.41, 5.74) is 9.94. The molecule has 3 nitrogen and oxygen atoms in total. The lowest BCUT2D eigenvalue weighted by Crippen LogP contribution is -2.22. The van der Waals surface area contributed by atoms with Gasteiger partial charge in [0.15, 0.2) is 0 Å². The minimum absolute atomic E-state index is 0.144. The molecule has 6 heteroatoms. The van der Waals surface area contributed by atoms with Gasteiger partial charge < -0.3 is 5.73 Å². The van der Waals surface area contributed by atoms with Crippen molar-refractivity contribution >= 4 is 34.8 Å². The lowest BCUT2D eigenvalue weighted by atomic mass is 9.84. The van der Waals surface area contributed by atoms with Crippen LogP contribution in [0.5, 0.6) is 0 Å². The van der Waals surface area contributed by atoms with Gasteiger partial charge in [-0.05, 0) is 47.7 Å². The van der Waals surface area contributed by atoms with E-state index in [4.69, 9.17) is 40.5 Å². The molecule has 0 radical (unpaired) electrons. The van der Waals surface area contributed by atoms with Crippen LogP contribution in [0.1, 0.15) is 35.2 Å². The molecule has 3 atom stereocenters. The van der Waals surface area contributed by atoms with Gasteiger partial charge in [0.05, 0.1) is 20.8 Å². The minimum atomic E-state index is -0.144. The fraction of sp³-hybridized carbons (Fsp3) is 0.292. The summed E-state index contributed by atoms with van der Waals surface area (Å²) >= 11 is 18.5. The van der Waals surface area contributed by atoms with Crippen LogP contribution in [0.15, 0.2) is 66.9 Å².